The van der Waals surface area contributed by atoms with Crippen molar-refractivity contribution in [2.75, 3.05) is 27.4 Å². The number of carbonyl (C=O) groups is 1. The van der Waals surface area contributed by atoms with Gasteiger partial charge in [0.05, 0.1) is 26.0 Å². The maximum absolute atomic E-state index is 11.5. The van der Waals surface area contributed by atoms with Crippen molar-refractivity contribution in [2.45, 2.75) is 25.1 Å². The van der Waals surface area contributed by atoms with Gasteiger partial charge in [-0.2, -0.15) is 0 Å². The van der Waals surface area contributed by atoms with E-state index in [9.17, 15) is 4.79 Å². The van der Waals surface area contributed by atoms with Crippen molar-refractivity contribution in [3.05, 3.63) is 48.2 Å². The Morgan fingerprint density at radius 3 is 2.96 bits per heavy atom. The quantitative estimate of drug-likeness (QED) is 0.711. The molecule has 3 heterocycles. The van der Waals surface area contributed by atoms with Gasteiger partial charge in [-0.25, -0.2) is 4.79 Å². The average molecular weight is 346 g/mol. The lowest BCUT2D eigenvalue weighted by atomic mass is 10.2. The first-order valence-corrected chi connectivity index (χ1v) is 8.16. The Labute approximate surface area is 146 Å². The second-order valence-corrected chi connectivity index (χ2v) is 5.93. The number of rotatable bonds is 7. The maximum atomic E-state index is 11.5. The summed E-state index contributed by atoms with van der Waals surface area (Å²) in [6, 6.07) is 7.35. The molecule has 1 fully saturated rings. The predicted molar refractivity (Wildman–Crippen MR) is 89.4 cm³/mol. The van der Waals surface area contributed by atoms with Crippen LogP contribution in [-0.2, 0) is 16.0 Å². The second-order valence-electron chi connectivity index (χ2n) is 5.93. The van der Waals surface area contributed by atoms with E-state index in [4.69, 9.17) is 13.9 Å². The molecule has 7 heteroatoms. The lowest BCUT2D eigenvalue weighted by Crippen LogP contribution is -2.33. The smallest absolute Gasteiger partial charge is 0.373 e. The van der Waals surface area contributed by atoms with E-state index in [1.54, 1.807) is 31.6 Å². The molecule has 2 atom stereocenters. The lowest BCUT2D eigenvalue weighted by Gasteiger charge is -2.23. The van der Waals surface area contributed by atoms with Gasteiger partial charge in [-0.15, -0.1) is 0 Å². The summed E-state index contributed by atoms with van der Waals surface area (Å²) in [7, 11) is 3.05. The summed E-state index contributed by atoms with van der Waals surface area (Å²) in [5.41, 5.74) is 0. The first-order valence-electron chi connectivity index (χ1n) is 8.16. The van der Waals surface area contributed by atoms with Crippen LogP contribution in [0.1, 0.15) is 22.7 Å². The summed E-state index contributed by atoms with van der Waals surface area (Å²) in [5.74, 6) is 1.19. The van der Waals surface area contributed by atoms with E-state index in [2.05, 4.69) is 14.6 Å². The van der Waals surface area contributed by atoms with E-state index in [1.807, 2.05) is 12.1 Å². The summed E-state index contributed by atoms with van der Waals surface area (Å²) in [4.78, 5) is 17.8. The number of pyridine rings is 1. The molecule has 25 heavy (non-hydrogen) atoms. The zero-order valence-electron chi connectivity index (χ0n) is 14.4. The molecule has 134 valence electrons. The van der Waals surface area contributed by atoms with E-state index in [0.717, 1.165) is 18.7 Å². The number of esters is 1. The molecule has 1 saturated heterocycles. The molecular weight excluding hydrogens is 324 g/mol. The number of aromatic nitrogens is 1. The maximum Gasteiger partial charge on any atom is 0.373 e. The zero-order chi connectivity index (χ0) is 17.6. The van der Waals surface area contributed by atoms with Crippen LogP contribution >= 0.6 is 0 Å². The molecule has 0 amide bonds. The number of ether oxygens (including phenoxy) is 3. The van der Waals surface area contributed by atoms with Gasteiger partial charge in [0.25, 0.3) is 0 Å². The van der Waals surface area contributed by atoms with Crippen molar-refractivity contribution >= 4 is 5.97 Å². The highest BCUT2D eigenvalue weighted by Gasteiger charge is 2.33. The normalized spacial score (nSPS) is 20.6. The van der Waals surface area contributed by atoms with Crippen molar-refractivity contribution < 1.29 is 23.4 Å². The average Bonchev–Trinajstić information content (AvgIpc) is 3.27. The van der Waals surface area contributed by atoms with Gasteiger partial charge in [-0.05, 0) is 30.7 Å². The van der Waals surface area contributed by atoms with Crippen LogP contribution in [0.25, 0.3) is 0 Å². The number of hydrogen-bond donors (Lipinski definition) is 0. The fourth-order valence-electron chi connectivity index (χ4n) is 2.97. The van der Waals surface area contributed by atoms with Crippen molar-refractivity contribution in [3.8, 4) is 5.75 Å². The zero-order valence-corrected chi connectivity index (χ0v) is 14.4. The fourth-order valence-corrected chi connectivity index (χ4v) is 2.97. The second kappa shape index (κ2) is 8.13. The molecule has 0 unspecified atom stereocenters. The standard InChI is InChI=1S/C18H22N2O5/c1-22-16-8-13(12-24-14-4-3-7-19-9-14)20(11-16)10-15-5-6-17(25-15)18(21)23-2/h3-7,9,13,16H,8,10-12H2,1-2H3/t13-,16-/m1/s1. The van der Waals surface area contributed by atoms with Crippen molar-refractivity contribution in [1.82, 2.24) is 9.88 Å². The largest absolute Gasteiger partial charge is 0.490 e. The monoisotopic (exact) mass is 346 g/mol. The van der Waals surface area contributed by atoms with Gasteiger partial charge in [0.15, 0.2) is 0 Å². The Bertz CT molecular complexity index is 688. The minimum absolute atomic E-state index is 0.150. The molecule has 0 N–H and O–H groups in total. The van der Waals surface area contributed by atoms with Crippen molar-refractivity contribution in [2.24, 2.45) is 0 Å². The Morgan fingerprint density at radius 1 is 1.36 bits per heavy atom. The topological polar surface area (TPSA) is 74.0 Å². The number of carbonyl (C=O) groups excluding carboxylic acids is 1. The highest BCUT2D eigenvalue weighted by molar-refractivity contribution is 5.86. The molecular formula is C18H22N2O5. The van der Waals surface area contributed by atoms with Gasteiger partial charge >= 0.3 is 5.97 Å². The van der Waals surface area contributed by atoms with Crippen LogP contribution in [0.3, 0.4) is 0 Å². The minimum Gasteiger partial charge on any atom is -0.490 e. The number of hydrogen-bond acceptors (Lipinski definition) is 7. The van der Waals surface area contributed by atoms with E-state index >= 15 is 0 Å². The van der Waals surface area contributed by atoms with Crippen LogP contribution in [0.5, 0.6) is 5.75 Å². The molecule has 1 aliphatic rings. The van der Waals surface area contributed by atoms with Crippen LogP contribution in [0.2, 0.25) is 0 Å². The molecule has 0 spiro atoms. The third-order valence-corrected chi connectivity index (χ3v) is 4.31. The van der Waals surface area contributed by atoms with Crippen molar-refractivity contribution in [3.63, 3.8) is 0 Å². The summed E-state index contributed by atoms with van der Waals surface area (Å²) >= 11 is 0. The highest BCUT2D eigenvalue weighted by Crippen LogP contribution is 2.24. The Kier molecular flexibility index (Phi) is 5.67. The minimum atomic E-state index is -0.473. The number of methoxy groups -OCH3 is 2. The van der Waals surface area contributed by atoms with Gasteiger partial charge < -0.3 is 18.6 Å². The third kappa shape index (κ3) is 4.37. The molecule has 0 aliphatic carbocycles. The molecule has 2 aromatic rings. The molecule has 0 radical (unpaired) electrons. The molecule has 2 aromatic heterocycles. The first kappa shape index (κ1) is 17.4. The summed E-state index contributed by atoms with van der Waals surface area (Å²) in [5, 5.41) is 0. The van der Waals surface area contributed by atoms with E-state index < -0.39 is 5.97 Å². The van der Waals surface area contributed by atoms with Gasteiger partial charge in [0, 0.05) is 25.9 Å². The predicted octanol–water partition coefficient (Wildman–Crippen LogP) is 2.13. The highest BCUT2D eigenvalue weighted by atomic mass is 16.5. The summed E-state index contributed by atoms with van der Waals surface area (Å²) < 4.78 is 21.6. The Balaban J connectivity index is 1.62. The van der Waals surface area contributed by atoms with Crippen LogP contribution in [0.4, 0.5) is 0 Å². The Morgan fingerprint density at radius 2 is 2.24 bits per heavy atom. The van der Waals surface area contributed by atoms with Gasteiger partial charge in [0.2, 0.25) is 5.76 Å². The van der Waals surface area contributed by atoms with Gasteiger partial charge in [-0.1, -0.05) is 0 Å². The van der Waals surface area contributed by atoms with E-state index in [-0.39, 0.29) is 17.9 Å². The molecule has 0 bridgehead atoms. The number of likely N-dealkylation sites (tertiary alicyclic amines) is 1. The SMILES string of the molecule is COC(=O)c1ccc(CN2C[C@H](OC)C[C@@H]2COc2cccnc2)o1. The van der Waals surface area contributed by atoms with Crippen molar-refractivity contribution in [1.29, 1.82) is 0 Å². The summed E-state index contributed by atoms with van der Waals surface area (Å²) in [6.45, 7) is 1.90. The fraction of sp³-hybridized carbons (Fsp3) is 0.444. The number of furan rings is 1. The van der Waals surface area contributed by atoms with Crippen LogP contribution in [0, 0.1) is 0 Å². The molecule has 3 rings (SSSR count). The van der Waals surface area contributed by atoms with E-state index in [0.29, 0.717) is 18.9 Å². The van der Waals surface area contributed by atoms with Gasteiger partial charge in [0.1, 0.15) is 18.1 Å². The van der Waals surface area contributed by atoms with Crippen LogP contribution in [-0.4, -0.2) is 55.4 Å². The van der Waals surface area contributed by atoms with Crippen LogP contribution in [0.15, 0.2) is 41.1 Å². The summed E-state index contributed by atoms with van der Waals surface area (Å²) in [6.07, 6.45) is 4.44. The van der Waals surface area contributed by atoms with Crippen LogP contribution < -0.4 is 4.74 Å². The molecule has 0 saturated carbocycles. The molecule has 0 aromatic carbocycles. The van der Waals surface area contributed by atoms with E-state index in [1.165, 1.54) is 7.11 Å². The third-order valence-electron chi connectivity index (χ3n) is 4.31. The lowest BCUT2D eigenvalue weighted by molar-refractivity contribution is 0.0559. The van der Waals surface area contributed by atoms with Gasteiger partial charge in [-0.3, -0.25) is 9.88 Å². The first-order chi connectivity index (χ1) is 12.2. The number of nitrogens with zero attached hydrogens (tertiary/aromatic N) is 2. The molecule has 7 nitrogen and oxygen atoms in total. The molecule has 1 aliphatic heterocycles. The Hall–Kier alpha value is -2.38.